The smallest absolute Gasteiger partial charge is 0.328 e. The first-order valence-corrected chi connectivity index (χ1v) is 7.14. The minimum atomic E-state index is -0.939. The van der Waals surface area contributed by atoms with Crippen molar-refractivity contribution in [2.45, 2.75) is 13.0 Å². The highest BCUT2D eigenvalue weighted by Crippen LogP contribution is 2.00. The fourth-order valence-electron chi connectivity index (χ4n) is 1.54. The standard InChI is InChI=1S/C16H19N3O5/c1-11(15(22)24-10-14(21)19-16(23)17-2)18-13(20)9-8-12-6-4-3-5-7-12/h3-9,11H,10H2,1-2H3,(H,18,20)(H2,17,19,21,23)/b9-8+/t11-/m0/s1. The van der Waals surface area contributed by atoms with Gasteiger partial charge in [-0.1, -0.05) is 30.3 Å². The molecule has 0 unspecified atom stereocenters. The zero-order valence-electron chi connectivity index (χ0n) is 13.4. The third kappa shape index (κ3) is 7.21. The van der Waals surface area contributed by atoms with Gasteiger partial charge >= 0.3 is 12.0 Å². The van der Waals surface area contributed by atoms with Crippen molar-refractivity contribution in [3.05, 3.63) is 42.0 Å². The predicted octanol–water partition coefficient (Wildman–Crippen LogP) is 0.203. The van der Waals surface area contributed by atoms with Crippen LogP contribution >= 0.6 is 0 Å². The van der Waals surface area contributed by atoms with Gasteiger partial charge in [-0.15, -0.1) is 0 Å². The molecule has 8 nitrogen and oxygen atoms in total. The van der Waals surface area contributed by atoms with E-state index in [0.717, 1.165) is 5.56 Å². The topological polar surface area (TPSA) is 114 Å². The van der Waals surface area contributed by atoms with Crippen molar-refractivity contribution < 1.29 is 23.9 Å². The number of hydrogen-bond donors (Lipinski definition) is 3. The first kappa shape index (κ1) is 18.9. The number of urea groups is 1. The summed E-state index contributed by atoms with van der Waals surface area (Å²) in [4.78, 5) is 45.5. The molecule has 1 aromatic rings. The van der Waals surface area contributed by atoms with E-state index < -0.39 is 36.5 Å². The normalized spacial score (nSPS) is 11.4. The fraction of sp³-hybridized carbons (Fsp3) is 0.250. The van der Waals surface area contributed by atoms with Gasteiger partial charge in [0.1, 0.15) is 6.04 Å². The molecule has 0 heterocycles. The van der Waals surface area contributed by atoms with Crippen molar-refractivity contribution in [3.8, 4) is 0 Å². The maximum absolute atomic E-state index is 11.7. The lowest BCUT2D eigenvalue weighted by molar-refractivity contribution is -0.150. The van der Waals surface area contributed by atoms with Crippen LogP contribution in [-0.2, 0) is 19.1 Å². The number of carbonyl (C=O) groups excluding carboxylic acids is 4. The zero-order chi connectivity index (χ0) is 17.9. The summed E-state index contributed by atoms with van der Waals surface area (Å²) < 4.78 is 4.70. The van der Waals surface area contributed by atoms with Gasteiger partial charge in [-0.3, -0.25) is 14.9 Å². The molecule has 1 atom stereocenters. The third-order valence-electron chi connectivity index (χ3n) is 2.76. The largest absolute Gasteiger partial charge is 0.454 e. The Morgan fingerprint density at radius 3 is 2.46 bits per heavy atom. The van der Waals surface area contributed by atoms with Crippen LogP contribution in [0.5, 0.6) is 0 Å². The van der Waals surface area contributed by atoms with Crippen LogP contribution in [0.1, 0.15) is 12.5 Å². The minimum Gasteiger partial charge on any atom is -0.454 e. The van der Waals surface area contributed by atoms with Crippen LogP contribution in [0.3, 0.4) is 0 Å². The fourth-order valence-corrected chi connectivity index (χ4v) is 1.54. The van der Waals surface area contributed by atoms with Crippen LogP contribution in [-0.4, -0.2) is 43.5 Å². The molecule has 0 bridgehead atoms. The molecule has 128 valence electrons. The van der Waals surface area contributed by atoms with E-state index in [0.29, 0.717) is 0 Å². The molecule has 0 radical (unpaired) electrons. The van der Waals surface area contributed by atoms with Gasteiger partial charge in [0.2, 0.25) is 5.91 Å². The van der Waals surface area contributed by atoms with Gasteiger partial charge in [0, 0.05) is 13.1 Å². The van der Waals surface area contributed by atoms with Gasteiger partial charge in [0.05, 0.1) is 0 Å². The molecule has 0 aliphatic carbocycles. The molecule has 1 aromatic carbocycles. The van der Waals surface area contributed by atoms with Crippen LogP contribution in [0.15, 0.2) is 36.4 Å². The third-order valence-corrected chi connectivity index (χ3v) is 2.76. The van der Waals surface area contributed by atoms with Gasteiger partial charge < -0.3 is 15.4 Å². The number of ether oxygens (including phenoxy) is 1. The van der Waals surface area contributed by atoms with Crippen LogP contribution in [0.4, 0.5) is 4.79 Å². The SMILES string of the molecule is CNC(=O)NC(=O)COC(=O)[C@H](C)NC(=O)/C=C/c1ccccc1. The quantitative estimate of drug-likeness (QED) is 0.508. The van der Waals surface area contributed by atoms with E-state index >= 15 is 0 Å². The summed E-state index contributed by atoms with van der Waals surface area (Å²) >= 11 is 0. The summed E-state index contributed by atoms with van der Waals surface area (Å²) in [6, 6.07) is 7.53. The molecule has 8 heteroatoms. The van der Waals surface area contributed by atoms with E-state index in [1.165, 1.54) is 20.0 Å². The first-order chi connectivity index (χ1) is 11.4. The Balaban J connectivity index is 2.38. The first-order valence-electron chi connectivity index (χ1n) is 7.14. The number of hydrogen-bond acceptors (Lipinski definition) is 5. The monoisotopic (exact) mass is 333 g/mol. The number of amides is 4. The Hall–Kier alpha value is -3.16. The average molecular weight is 333 g/mol. The molecule has 4 amide bonds. The molecule has 0 aliphatic rings. The molecule has 0 fully saturated rings. The van der Waals surface area contributed by atoms with E-state index in [9.17, 15) is 19.2 Å². The van der Waals surface area contributed by atoms with Crippen LogP contribution in [0.2, 0.25) is 0 Å². The van der Waals surface area contributed by atoms with Crippen LogP contribution < -0.4 is 16.0 Å². The second-order valence-electron chi connectivity index (χ2n) is 4.71. The summed E-state index contributed by atoms with van der Waals surface area (Å²) in [5, 5.41) is 6.54. The summed E-state index contributed by atoms with van der Waals surface area (Å²) in [5.74, 6) is -2.04. The maximum Gasteiger partial charge on any atom is 0.328 e. The summed E-state index contributed by atoms with van der Waals surface area (Å²) in [6.45, 7) is 0.805. The second-order valence-corrected chi connectivity index (χ2v) is 4.71. The highest BCUT2D eigenvalue weighted by molar-refractivity contribution is 5.96. The lowest BCUT2D eigenvalue weighted by Gasteiger charge is -2.12. The molecule has 0 aliphatic heterocycles. The van der Waals surface area contributed by atoms with E-state index in [1.54, 1.807) is 6.08 Å². The Kier molecular flexibility index (Phi) is 7.69. The molecule has 24 heavy (non-hydrogen) atoms. The van der Waals surface area contributed by atoms with Gasteiger partial charge in [0.25, 0.3) is 5.91 Å². The summed E-state index contributed by atoms with van der Waals surface area (Å²) in [5.41, 5.74) is 0.841. The number of esters is 1. The Morgan fingerprint density at radius 1 is 1.17 bits per heavy atom. The molecule has 0 saturated carbocycles. The predicted molar refractivity (Wildman–Crippen MR) is 86.6 cm³/mol. The summed E-state index contributed by atoms with van der Waals surface area (Å²) in [7, 11) is 1.34. The number of nitrogens with one attached hydrogen (secondary N) is 3. The van der Waals surface area contributed by atoms with Crippen molar-refractivity contribution in [1.82, 2.24) is 16.0 Å². The Labute approximate surface area is 139 Å². The van der Waals surface area contributed by atoms with E-state index in [4.69, 9.17) is 4.74 Å². The van der Waals surface area contributed by atoms with Crippen molar-refractivity contribution in [2.75, 3.05) is 13.7 Å². The highest BCUT2D eigenvalue weighted by atomic mass is 16.5. The summed E-state index contributed by atoms with van der Waals surface area (Å²) in [6.07, 6.45) is 2.89. The van der Waals surface area contributed by atoms with Crippen LogP contribution in [0.25, 0.3) is 6.08 Å². The van der Waals surface area contributed by atoms with Gasteiger partial charge in [-0.25, -0.2) is 9.59 Å². The number of imide groups is 1. The van der Waals surface area contributed by atoms with Crippen molar-refractivity contribution in [2.24, 2.45) is 0 Å². The molecular formula is C16H19N3O5. The van der Waals surface area contributed by atoms with E-state index in [-0.39, 0.29) is 0 Å². The number of benzene rings is 1. The van der Waals surface area contributed by atoms with Crippen LogP contribution in [0, 0.1) is 0 Å². The van der Waals surface area contributed by atoms with E-state index in [1.807, 2.05) is 35.6 Å². The zero-order valence-corrected chi connectivity index (χ0v) is 13.4. The van der Waals surface area contributed by atoms with Gasteiger partial charge in [-0.2, -0.15) is 0 Å². The number of carbonyl (C=O) groups is 4. The Bertz CT molecular complexity index is 628. The minimum absolute atomic E-state index is 0.474. The molecule has 0 saturated heterocycles. The Morgan fingerprint density at radius 2 is 1.83 bits per heavy atom. The molecule has 3 N–H and O–H groups in total. The lowest BCUT2D eigenvalue weighted by Crippen LogP contribution is -2.42. The highest BCUT2D eigenvalue weighted by Gasteiger charge is 2.17. The molecular weight excluding hydrogens is 314 g/mol. The molecule has 1 rings (SSSR count). The number of rotatable bonds is 6. The van der Waals surface area contributed by atoms with Crippen molar-refractivity contribution in [1.29, 1.82) is 0 Å². The molecule has 0 aromatic heterocycles. The average Bonchev–Trinajstić information content (AvgIpc) is 2.58. The second kappa shape index (κ2) is 9.78. The van der Waals surface area contributed by atoms with Crippen molar-refractivity contribution >= 4 is 29.9 Å². The lowest BCUT2D eigenvalue weighted by atomic mass is 10.2. The maximum atomic E-state index is 11.7. The molecule has 0 spiro atoms. The van der Waals surface area contributed by atoms with Crippen molar-refractivity contribution in [3.63, 3.8) is 0 Å². The van der Waals surface area contributed by atoms with E-state index in [2.05, 4.69) is 10.6 Å². The van der Waals surface area contributed by atoms with Gasteiger partial charge in [0.15, 0.2) is 6.61 Å². The van der Waals surface area contributed by atoms with Gasteiger partial charge in [-0.05, 0) is 18.6 Å².